The molecule has 0 N–H and O–H groups in total. The van der Waals surface area contributed by atoms with Crippen molar-refractivity contribution in [2.75, 3.05) is 51.2 Å². The third-order valence-electron chi connectivity index (χ3n) is 5.92. The first-order valence-electron chi connectivity index (χ1n) is 11.0. The molecular weight excluding hydrogens is 391 g/mol. The van der Waals surface area contributed by atoms with E-state index < -0.39 is 0 Å². The highest BCUT2D eigenvalue weighted by atomic mass is 19.1. The minimum atomic E-state index is -0.279. The first kappa shape index (κ1) is 21.5. The Kier molecular flexibility index (Phi) is 6.99. The van der Waals surface area contributed by atoms with Crippen LogP contribution in [0.4, 0.5) is 10.1 Å². The summed E-state index contributed by atoms with van der Waals surface area (Å²) in [5.74, 6) is 0.477. The molecule has 0 unspecified atom stereocenters. The maximum absolute atomic E-state index is 13.9. The summed E-state index contributed by atoms with van der Waals surface area (Å²) < 4.78 is 19.4. The van der Waals surface area contributed by atoms with E-state index in [2.05, 4.69) is 58.1 Å². The van der Waals surface area contributed by atoms with E-state index in [9.17, 15) is 4.39 Å². The molecule has 0 saturated carbocycles. The summed E-state index contributed by atoms with van der Waals surface area (Å²) in [6.45, 7) is 9.24. The van der Waals surface area contributed by atoms with Gasteiger partial charge in [-0.15, -0.1) is 0 Å². The highest BCUT2D eigenvalue weighted by Crippen LogP contribution is 2.22. The molecule has 164 valence electrons. The zero-order chi connectivity index (χ0) is 21.6. The van der Waals surface area contributed by atoms with Crippen LogP contribution in [0.5, 0.6) is 0 Å². The van der Waals surface area contributed by atoms with E-state index in [1.807, 2.05) is 6.07 Å². The number of piperazine rings is 1. The molecule has 0 spiro atoms. The molecule has 6 heteroatoms. The van der Waals surface area contributed by atoms with E-state index in [0.29, 0.717) is 17.8 Å². The normalized spacial score (nSPS) is 15.0. The fourth-order valence-electron chi connectivity index (χ4n) is 4.08. The maximum Gasteiger partial charge on any atom is 0.151 e. The number of aromatic nitrogens is 1. The van der Waals surface area contributed by atoms with Gasteiger partial charge in [0.15, 0.2) is 5.76 Å². The molecule has 1 aliphatic rings. The lowest BCUT2D eigenvalue weighted by Gasteiger charge is -2.36. The lowest BCUT2D eigenvalue weighted by atomic mass is 10.1. The number of hydrogen-bond donors (Lipinski definition) is 0. The van der Waals surface area contributed by atoms with Crippen molar-refractivity contribution in [3.8, 4) is 11.3 Å². The van der Waals surface area contributed by atoms with Gasteiger partial charge >= 0.3 is 0 Å². The third kappa shape index (κ3) is 5.71. The number of benzene rings is 2. The molecule has 0 atom stereocenters. The quantitative estimate of drug-likeness (QED) is 0.537. The molecule has 0 aliphatic carbocycles. The Morgan fingerprint density at radius 3 is 2.52 bits per heavy atom. The SMILES string of the molecule is Cc1ccc(N2CCN(CCCN(C)Cc3cc(-c4ccccc4F)no3)CC2)cc1. The lowest BCUT2D eigenvalue weighted by Crippen LogP contribution is -2.47. The van der Waals surface area contributed by atoms with Gasteiger partial charge in [-0.1, -0.05) is 35.0 Å². The molecule has 0 radical (unpaired) electrons. The molecule has 2 heterocycles. The van der Waals surface area contributed by atoms with Gasteiger partial charge in [-0.25, -0.2) is 4.39 Å². The van der Waals surface area contributed by atoms with E-state index in [1.54, 1.807) is 18.2 Å². The van der Waals surface area contributed by atoms with Gasteiger partial charge in [0.25, 0.3) is 0 Å². The van der Waals surface area contributed by atoms with Crippen molar-refractivity contribution in [1.82, 2.24) is 15.0 Å². The average Bonchev–Trinajstić information content (AvgIpc) is 3.23. The van der Waals surface area contributed by atoms with Crippen LogP contribution in [-0.2, 0) is 6.54 Å². The van der Waals surface area contributed by atoms with Crippen LogP contribution in [0, 0.1) is 12.7 Å². The van der Waals surface area contributed by atoms with Crippen LogP contribution in [0.3, 0.4) is 0 Å². The van der Waals surface area contributed by atoms with Crippen molar-refractivity contribution in [3.05, 3.63) is 71.7 Å². The zero-order valence-corrected chi connectivity index (χ0v) is 18.4. The second kappa shape index (κ2) is 10.1. The molecule has 5 nitrogen and oxygen atoms in total. The van der Waals surface area contributed by atoms with Crippen LogP contribution in [0.15, 0.2) is 59.1 Å². The van der Waals surface area contributed by atoms with Crippen molar-refractivity contribution in [1.29, 1.82) is 0 Å². The molecule has 1 aliphatic heterocycles. The Balaban J connectivity index is 1.18. The standard InChI is InChI=1S/C25H31FN4O/c1-20-8-10-21(11-9-20)30-16-14-29(15-17-30)13-5-12-28(2)19-22-18-25(27-31-22)23-6-3-4-7-24(23)26/h3-4,6-11,18H,5,12-17,19H2,1-2H3. The number of nitrogens with zero attached hydrogens (tertiary/aromatic N) is 4. The Hall–Kier alpha value is -2.70. The maximum atomic E-state index is 13.9. The highest BCUT2D eigenvalue weighted by Gasteiger charge is 2.17. The predicted octanol–water partition coefficient (Wildman–Crippen LogP) is 4.43. The van der Waals surface area contributed by atoms with Crippen molar-refractivity contribution in [2.24, 2.45) is 0 Å². The van der Waals surface area contributed by atoms with Gasteiger partial charge in [0.1, 0.15) is 11.5 Å². The van der Waals surface area contributed by atoms with Crippen LogP contribution >= 0.6 is 0 Å². The molecule has 4 rings (SSSR count). The number of aryl methyl sites for hydroxylation is 1. The predicted molar refractivity (Wildman–Crippen MR) is 123 cm³/mol. The van der Waals surface area contributed by atoms with Crippen LogP contribution in [-0.4, -0.2) is 61.3 Å². The van der Waals surface area contributed by atoms with E-state index in [0.717, 1.165) is 51.4 Å². The summed E-state index contributed by atoms with van der Waals surface area (Å²) in [5.41, 5.74) is 3.66. The monoisotopic (exact) mass is 422 g/mol. The smallest absolute Gasteiger partial charge is 0.151 e. The van der Waals surface area contributed by atoms with Gasteiger partial charge in [-0.05, 0) is 57.7 Å². The van der Waals surface area contributed by atoms with E-state index in [4.69, 9.17) is 4.52 Å². The average molecular weight is 423 g/mol. The van der Waals surface area contributed by atoms with Crippen LogP contribution in [0.2, 0.25) is 0 Å². The molecule has 31 heavy (non-hydrogen) atoms. The van der Waals surface area contributed by atoms with Gasteiger partial charge in [-0.2, -0.15) is 0 Å². The summed E-state index contributed by atoms with van der Waals surface area (Å²) in [4.78, 5) is 7.25. The second-order valence-corrected chi connectivity index (χ2v) is 8.41. The summed E-state index contributed by atoms with van der Waals surface area (Å²) in [7, 11) is 2.08. The molecule has 3 aromatic rings. The summed E-state index contributed by atoms with van der Waals surface area (Å²) in [5, 5.41) is 4.04. The van der Waals surface area contributed by atoms with E-state index in [-0.39, 0.29) is 5.82 Å². The Labute approximate surface area is 184 Å². The molecule has 1 saturated heterocycles. The van der Waals surface area contributed by atoms with E-state index >= 15 is 0 Å². The van der Waals surface area contributed by atoms with Crippen LogP contribution in [0.25, 0.3) is 11.3 Å². The van der Waals surface area contributed by atoms with Gasteiger partial charge in [0, 0.05) is 43.5 Å². The Morgan fingerprint density at radius 1 is 1.03 bits per heavy atom. The summed E-state index contributed by atoms with van der Waals surface area (Å²) in [6, 6.07) is 17.3. The minimum Gasteiger partial charge on any atom is -0.369 e. The zero-order valence-electron chi connectivity index (χ0n) is 18.4. The third-order valence-corrected chi connectivity index (χ3v) is 5.92. The second-order valence-electron chi connectivity index (χ2n) is 8.41. The summed E-state index contributed by atoms with van der Waals surface area (Å²) in [6.07, 6.45) is 1.11. The molecule has 1 aromatic heterocycles. The fraction of sp³-hybridized carbons (Fsp3) is 0.400. The van der Waals surface area contributed by atoms with Crippen molar-refractivity contribution in [2.45, 2.75) is 19.9 Å². The number of halogens is 1. The van der Waals surface area contributed by atoms with Crippen molar-refractivity contribution in [3.63, 3.8) is 0 Å². The first-order valence-corrected chi connectivity index (χ1v) is 11.0. The fourth-order valence-corrected chi connectivity index (χ4v) is 4.08. The van der Waals surface area contributed by atoms with Gasteiger partial charge in [-0.3, -0.25) is 9.80 Å². The lowest BCUT2D eigenvalue weighted by molar-refractivity contribution is 0.223. The van der Waals surface area contributed by atoms with Crippen LogP contribution in [0.1, 0.15) is 17.7 Å². The van der Waals surface area contributed by atoms with Crippen molar-refractivity contribution < 1.29 is 8.91 Å². The Bertz CT molecular complexity index is 964. The highest BCUT2D eigenvalue weighted by molar-refractivity contribution is 5.59. The summed E-state index contributed by atoms with van der Waals surface area (Å²) >= 11 is 0. The van der Waals surface area contributed by atoms with Gasteiger partial charge in [0.05, 0.1) is 6.54 Å². The largest absolute Gasteiger partial charge is 0.369 e. The number of rotatable bonds is 8. The van der Waals surface area contributed by atoms with Crippen LogP contribution < -0.4 is 4.90 Å². The Morgan fingerprint density at radius 2 is 1.77 bits per heavy atom. The molecular formula is C25H31FN4O. The first-order chi connectivity index (χ1) is 15.1. The van der Waals surface area contributed by atoms with E-state index in [1.165, 1.54) is 17.3 Å². The minimum absolute atomic E-state index is 0.279. The topological polar surface area (TPSA) is 35.8 Å². The molecule has 2 aromatic carbocycles. The molecule has 0 amide bonds. The van der Waals surface area contributed by atoms with Gasteiger partial charge < -0.3 is 9.42 Å². The number of hydrogen-bond acceptors (Lipinski definition) is 5. The molecule has 0 bridgehead atoms. The van der Waals surface area contributed by atoms with Crippen molar-refractivity contribution >= 4 is 5.69 Å². The molecule has 1 fully saturated rings. The number of anilines is 1. The van der Waals surface area contributed by atoms with Gasteiger partial charge in [0.2, 0.25) is 0 Å².